The lowest BCUT2D eigenvalue weighted by Crippen LogP contribution is -2.47. The maximum Gasteiger partial charge on any atom is 0.273 e. The normalized spacial score (nSPS) is 18.8. The zero-order chi connectivity index (χ0) is 15.0. The topological polar surface area (TPSA) is 91.9 Å². The van der Waals surface area contributed by atoms with Crippen LogP contribution in [0.1, 0.15) is 55.2 Å². The molecule has 0 bridgehead atoms. The molecule has 1 fully saturated rings. The molecule has 1 heterocycles. The highest BCUT2D eigenvalue weighted by molar-refractivity contribution is 8.13. The van der Waals surface area contributed by atoms with Gasteiger partial charge in [0.2, 0.25) is 0 Å². The van der Waals surface area contributed by atoms with Crippen molar-refractivity contribution in [3.63, 3.8) is 0 Å². The first-order chi connectivity index (χ1) is 9.23. The lowest BCUT2D eigenvalue weighted by Gasteiger charge is -2.34. The summed E-state index contributed by atoms with van der Waals surface area (Å²) >= 11 is 0. The molecule has 1 aromatic rings. The largest absolute Gasteiger partial charge is 0.345 e. The van der Waals surface area contributed by atoms with Crippen LogP contribution < -0.4 is 5.32 Å². The second kappa shape index (κ2) is 5.37. The molecule has 2 rings (SSSR count). The highest BCUT2D eigenvalue weighted by Gasteiger charge is 2.33. The number of H-pyrrole nitrogens is 1. The number of hydrogen-bond donors (Lipinski definition) is 2. The number of hydrogen-bond acceptors (Lipinski definition) is 4. The molecule has 1 saturated carbocycles. The molecule has 6 nitrogen and oxygen atoms in total. The maximum atomic E-state index is 12.3. The molecular weight excluding hydrogens is 302 g/mol. The number of aryl methyl sites for hydroxylation is 1. The van der Waals surface area contributed by atoms with E-state index in [0.717, 1.165) is 32.1 Å². The van der Waals surface area contributed by atoms with Crippen LogP contribution in [0.5, 0.6) is 0 Å². The van der Waals surface area contributed by atoms with Gasteiger partial charge in [0.25, 0.3) is 15.0 Å². The van der Waals surface area contributed by atoms with Crippen LogP contribution in [0, 0.1) is 6.92 Å². The number of aromatic nitrogens is 2. The Balaban J connectivity index is 2.26. The second-order valence-corrected chi connectivity index (χ2v) is 8.04. The van der Waals surface area contributed by atoms with Gasteiger partial charge in [0.15, 0.2) is 5.69 Å². The van der Waals surface area contributed by atoms with Gasteiger partial charge in [-0.2, -0.15) is 5.10 Å². The third-order valence-corrected chi connectivity index (χ3v) is 5.17. The Bertz CT molecular complexity index is 618. The van der Waals surface area contributed by atoms with Crippen LogP contribution in [0.4, 0.5) is 0 Å². The first-order valence-electron chi connectivity index (χ1n) is 6.55. The average molecular weight is 320 g/mol. The number of carbonyl (C=O) groups is 1. The molecular formula is C12H18ClN3O3S. The number of carbonyl (C=O) groups excluding carboxylic acids is 1. The van der Waals surface area contributed by atoms with Crippen molar-refractivity contribution in [3.8, 4) is 0 Å². The molecule has 8 heteroatoms. The van der Waals surface area contributed by atoms with E-state index in [0.29, 0.717) is 0 Å². The van der Waals surface area contributed by atoms with Gasteiger partial charge in [-0.3, -0.25) is 9.89 Å². The minimum absolute atomic E-state index is 0.163. The molecule has 0 atom stereocenters. The smallest absolute Gasteiger partial charge is 0.273 e. The standard InChI is InChI=1S/C12H18ClN3O3S/c1-8-10(20(13,18)19)9(16-15-8)11(17)14-12(2)6-4-3-5-7-12/h3-7H2,1-2H3,(H,14,17)(H,15,16). The van der Waals surface area contributed by atoms with E-state index in [9.17, 15) is 13.2 Å². The number of rotatable bonds is 3. The molecule has 112 valence electrons. The van der Waals surface area contributed by atoms with Gasteiger partial charge in [-0.15, -0.1) is 0 Å². The number of halogens is 1. The Morgan fingerprint density at radius 3 is 2.50 bits per heavy atom. The van der Waals surface area contributed by atoms with Gasteiger partial charge >= 0.3 is 0 Å². The number of aromatic amines is 1. The predicted molar refractivity (Wildman–Crippen MR) is 75.3 cm³/mol. The number of nitrogens with zero attached hydrogens (tertiary/aromatic N) is 1. The first kappa shape index (κ1) is 15.3. The Labute approximate surface area is 122 Å². The second-order valence-electron chi connectivity index (χ2n) is 5.54. The van der Waals surface area contributed by atoms with Gasteiger partial charge in [-0.1, -0.05) is 19.3 Å². The summed E-state index contributed by atoms with van der Waals surface area (Å²) in [5, 5.41) is 9.17. The molecule has 0 radical (unpaired) electrons. The molecule has 1 aliphatic carbocycles. The van der Waals surface area contributed by atoms with Crippen LogP contribution in [0.25, 0.3) is 0 Å². The van der Waals surface area contributed by atoms with Crippen LogP contribution in [-0.2, 0) is 9.05 Å². The monoisotopic (exact) mass is 319 g/mol. The number of nitrogens with one attached hydrogen (secondary N) is 2. The van der Waals surface area contributed by atoms with Crippen molar-refractivity contribution in [3.05, 3.63) is 11.4 Å². The molecule has 0 spiro atoms. The fraction of sp³-hybridized carbons (Fsp3) is 0.667. The van der Waals surface area contributed by atoms with E-state index < -0.39 is 15.0 Å². The van der Waals surface area contributed by atoms with Crippen LogP contribution in [-0.4, -0.2) is 30.1 Å². The van der Waals surface area contributed by atoms with Gasteiger partial charge in [0, 0.05) is 16.2 Å². The third kappa shape index (κ3) is 3.15. The van der Waals surface area contributed by atoms with E-state index in [1.165, 1.54) is 6.92 Å². The molecule has 2 N–H and O–H groups in total. The van der Waals surface area contributed by atoms with Crippen LogP contribution in [0.2, 0.25) is 0 Å². The Morgan fingerprint density at radius 2 is 1.95 bits per heavy atom. The third-order valence-electron chi connectivity index (χ3n) is 3.72. The Hall–Kier alpha value is -1.08. The van der Waals surface area contributed by atoms with E-state index >= 15 is 0 Å². The quantitative estimate of drug-likeness (QED) is 0.834. The van der Waals surface area contributed by atoms with Crippen molar-refractivity contribution >= 4 is 25.6 Å². The lowest BCUT2D eigenvalue weighted by molar-refractivity contribution is 0.0874. The lowest BCUT2D eigenvalue weighted by atomic mass is 9.83. The fourth-order valence-corrected chi connectivity index (χ4v) is 4.01. The van der Waals surface area contributed by atoms with E-state index in [-0.39, 0.29) is 21.8 Å². The van der Waals surface area contributed by atoms with Gasteiger partial charge in [0.05, 0.1) is 5.69 Å². The molecule has 1 amide bonds. The molecule has 1 aliphatic rings. The zero-order valence-electron chi connectivity index (χ0n) is 11.5. The maximum absolute atomic E-state index is 12.3. The summed E-state index contributed by atoms with van der Waals surface area (Å²) in [6, 6.07) is 0. The highest BCUT2D eigenvalue weighted by Crippen LogP contribution is 2.29. The molecule has 0 aromatic carbocycles. The highest BCUT2D eigenvalue weighted by atomic mass is 35.7. The van der Waals surface area contributed by atoms with Crippen molar-refractivity contribution in [2.45, 2.75) is 56.4 Å². The molecule has 0 unspecified atom stereocenters. The summed E-state index contributed by atoms with van der Waals surface area (Å²) in [7, 11) is 1.36. The minimum atomic E-state index is -4.01. The molecule has 0 saturated heterocycles. The van der Waals surface area contributed by atoms with Gasteiger partial charge in [0.1, 0.15) is 4.90 Å². The van der Waals surface area contributed by atoms with E-state index in [1.54, 1.807) is 0 Å². The zero-order valence-corrected chi connectivity index (χ0v) is 13.1. The van der Waals surface area contributed by atoms with E-state index in [1.807, 2.05) is 6.92 Å². The van der Waals surface area contributed by atoms with Crippen molar-refractivity contribution < 1.29 is 13.2 Å². The van der Waals surface area contributed by atoms with Gasteiger partial charge in [-0.05, 0) is 26.7 Å². The SMILES string of the molecule is Cc1[nH]nc(C(=O)NC2(C)CCCCC2)c1S(=O)(=O)Cl. The van der Waals surface area contributed by atoms with Gasteiger partial charge < -0.3 is 5.32 Å². The van der Waals surface area contributed by atoms with Crippen LogP contribution in [0.15, 0.2) is 4.90 Å². The van der Waals surface area contributed by atoms with Crippen molar-refractivity contribution in [2.75, 3.05) is 0 Å². The Morgan fingerprint density at radius 1 is 1.35 bits per heavy atom. The summed E-state index contributed by atoms with van der Waals surface area (Å²) in [6.07, 6.45) is 5.03. The van der Waals surface area contributed by atoms with Crippen LogP contribution >= 0.6 is 10.7 Å². The Kier molecular flexibility index (Phi) is 4.11. The van der Waals surface area contributed by atoms with Gasteiger partial charge in [-0.25, -0.2) is 8.42 Å². The molecule has 0 aliphatic heterocycles. The minimum Gasteiger partial charge on any atom is -0.345 e. The summed E-state index contributed by atoms with van der Waals surface area (Å²) < 4.78 is 23.1. The van der Waals surface area contributed by atoms with Crippen molar-refractivity contribution in [1.29, 1.82) is 0 Å². The molecule has 20 heavy (non-hydrogen) atoms. The first-order valence-corrected chi connectivity index (χ1v) is 8.86. The van der Waals surface area contributed by atoms with Crippen molar-refractivity contribution in [1.82, 2.24) is 15.5 Å². The van der Waals surface area contributed by atoms with E-state index in [4.69, 9.17) is 10.7 Å². The van der Waals surface area contributed by atoms with Crippen LogP contribution in [0.3, 0.4) is 0 Å². The summed E-state index contributed by atoms with van der Waals surface area (Å²) in [5.41, 5.74) is -0.210. The summed E-state index contributed by atoms with van der Waals surface area (Å²) in [6.45, 7) is 3.49. The average Bonchev–Trinajstić information content (AvgIpc) is 2.71. The predicted octanol–water partition coefficient (Wildman–Crippen LogP) is 2.10. The summed E-state index contributed by atoms with van der Waals surface area (Å²) in [4.78, 5) is 12.0. The number of amides is 1. The molecule has 1 aromatic heterocycles. The van der Waals surface area contributed by atoms with E-state index in [2.05, 4.69) is 15.5 Å². The summed E-state index contributed by atoms with van der Waals surface area (Å²) in [5.74, 6) is -0.502. The van der Waals surface area contributed by atoms with Crippen molar-refractivity contribution in [2.24, 2.45) is 0 Å². The fourth-order valence-electron chi connectivity index (χ4n) is 2.66.